The number of unbranched alkanes of at least 4 members (excludes halogenated alkanes) is 2. The summed E-state index contributed by atoms with van der Waals surface area (Å²) in [5.41, 5.74) is 2.38. The summed E-state index contributed by atoms with van der Waals surface area (Å²) in [5, 5.41) is 2.91. The van der Waals surface area contributed by atoms with E-state index in [1.165, 1.54) is 5.56 Å². The molecular weight excluding hydrogens is 312 g/mol. The molecule has 1 aromatic rings. The van der Waals surface area contributed by atoms with Gasteiger partial charge in [-0.3, -0.25) is 0 Å². The summed E-state index contributed by atoms with van der Waals surface area (Å²) in [6.45, 7) is 14.7. The molecule has 0 unspecified atom stereocenters. The van der Waals surface area contributed by atoms with Crippen molar-refractivity contribution in [2.45, 2.75) is 72.6 Å². The molecule has 1 N–H and O–H groups in total. The maximum atomic E-state index is 12.4. The van der Waals surface area contributed by atoms with Crippen LogP contribution in [0.4, 0.5) is 4.79 Å². The van der Waals surface area contributed by atoms with Gasteiger partial charge in [0.05, 0.1) is 0 Å². The third-order valence-corrected chi connectivity index (χ3v) is 4.24. The number of urea groups is 1. The van der Waals surface area contributed by atoms with E-state index in [-0.39, 0.29) is 18.2 Å². The van der Waals surface area contributed by atoms with E-state index in [2.05, 4.69) is 52.9 Å². The first-order valence-electron chi connectivity index (χ1n) is 9.56. The smallest absolute Gasteiger partial charge is 0.320 e. The molecule has 0 radical (unpaired) electrons. The maximum absolute atomic E-state index is 12.4. The zero-order valence-corrected chi connectivity index (χ0v) is 16.9. The highest BCUT2D eigenvalue weighted by Crippen LogP contribution is 2.31. The van der Waals surface area contributed by atoms with Crippen molar-refractivity contribution in [1.82, 2.24) is 10.2 Å². The summed E-state index contributed by atoms with van der Waals surface area (Å²) in [4.78, 5) is 14.3. The first kappa shape index (κ1) is 21.3. The summed E-state index contributed by atoms with van der Waals surface area (Å²) in [6, 6.07) is 6.16. The molecule has 142 valence electrons. The van der Waals surface area contributed by atoms with Crippen LogP contribution in [0.3, 0.4) is 0 Å². The Morgan fingerprint density at radius 1 is 1.12 bits per heavy atom. The van der Waals surface area contributed by atoms with E-state index in [9.17, 15) is 4.79 Å². The van der Waals surface area contributed by atoms with Crippen LogP contribution in [-0.2, 0) is 5.41 Å². The number of aryl methyl sites for hydroxylation is 1. The first-order valence-corrected chi connectivity index (χ1v) is 9.56. The molecule has 0 atom stereocenters. The number of rotatable bonds is 9. The van der Waals surface area contributed by atoms with E-state index in [1.54, 1.807) is 0 Å². The van der Waals surface area contributed by atoms with E-state index >= 15 is 0 Å². The Morgan fingerprint density at radius 3 is 2.24 bits per heavy atom. The summed E-state index contributed by atoms with van der Waals surface area (Å²) < 4.78 is 5.89. The molecule has 0 aromatic heterocycles. The van der Waals surface area contributed by atoms with E-state index in [0.717, 1.165) is 50.1 Å². The molecule has 0 saturated heterocycles. The van der Waals surface area contributed by atoms with Gasteiger partial charge in [0.2, 0.25) is 0 Å². The number of carbonyl (C=O) groups excluding carboxylic acids is 1. The molecule has 0 aliphatic heterocycles. The van der Waals surface area contributed by atoms with Crippen LogP contribution in [0.15, 0.2) is 18.2 Å². The van der Waals surface area contributed by atoms with Gasteiger partial charge in [-0.25, -0.2) is 4.79 Å². The van der Waals surface area contributed by atoms with Crippen LogP contribution >= 0.6 is 0 Å². The monoisotopic (exact) mass is 348 g/mol. The Morgan fingerprint density at radius 2 is 1.72 bits per heavy atom. The number of nitrogens with one attached hydrogen (secondary N) is 1. The zero-order valence-electron chi connectivity index (χ0n) is 16.9. The minimum absolute atomic E-state index is 0.000348. The maximum Gasteiger partial charge on any atom is 0.320 e. The minimum atomic E-state index is -0.0358. The summed E-state index contributed by atoms with van der Waals surface area (Å²) >= 11 is 0. The topological polar surface area (TPSA) is 41.6 Å². The quantitative estimate of drug-likeness (QED) is 0.620. The van der Waals surface area contributed by atoms with Gasteiger partial charge in [0, 0.05) is 13.1 Å². The van der Waals surface area contributed by atoms with Crippen LogP contribution < -0.4 is 10.1 Å². The summed E-state index contributed by atoms with van der Waals surface area (Å²) in [6.07, 6.45) is 4.24. The van der Waals surface area contributed by atoms with Gasteiger partial charge in [-0.15, -0.1) is 0 Å². The molecule has 25 heavy (non-hydrogen) atoms. The molecule has 1 aromatic carbocycles. The number of carbonyl (C=O) groups is 1. The highest BCUT2D eigenvalue weighted by molar-refractivity contribution is 5.74. The van der Waals surface area contributed by atoms with E-state index in [4.69, 9.17) is 4.74 Å². The molecule has 0 aliphatic rings. The number of ether oxygens (including phenoxy) is 1. The second-order valence-corrected chi connectivity index (χ2v) is 7.71. The number of benzene rings is 1. The highest BCUT2D eigenvalue weighted by Gasteiger charge is 2.19. The molecule has 0 saturated carbocycles. The summed E-state index contributed by atoms with van der Waals surface area (Å²) in [5.74, 6) is 0.840. The molecule has 2 amide bonds. The predicted octanol–water partition coefficient (Wildman–Crippen LogP) is 5.24. The van der Waals surface area contributed by atoms with Crippen molar-refractivity contribution < 1.29 is 9.53 Å². The second-order valence-electron chi connectivity index (χ2n) is 7.71. The lowest BCUT2D eigenvalue weighted by Crippen LogP contribution is -2.42. The fourth-order valence-electron chi connectivity index (χ4n) is 2.66. The lowest BCUT2D eigenvalue weighted by molar-refractivity contribution is 0.182. The molecule has 4 heteroatoms. The standard InChI is InChI=1S/C21H36N2O2/c1-7-9-13-23(14-10-8-2)20(24)22-16-25-19-12-11-17(3)15-18(19)21(4,5)6/h11-12,15H,7-10,13-14,16H2,1-6H3,(H,22,24). The van der Waals surface area contributed by atoms with Crippen molar-refractivity contribution >= 4 is 6.03 Å². The minimum Gasteiger partial charge on any atom is -0.473 e. The SMILES string of the molecule is CCCCN(CCCC)C(=O)NCOc1ccc(C)cc1C(C)(C)C. The lowest BCUT2D eigenvalue weighted by Gasteiger charge is -2.25. The van der Waals surface area contributed by atoms with Crippen LogP contribution in [0.25, 0.3) is 0 Å². The Kier molecular flexibility index (Phi) is 8.81. The Bertz CT molecular complexity index is 527. The molecule has 4 nitrogen and oxygen atoms in total. The van der Waals surface area contributed by atoms with Gasteiger partial charge >= 0.3 is 6.03 Å². The largest absolute Gasteiger partial charge is 0.473 e. The van der Waals surface area contributed by atoms with E-state index < -0.39 is 0 Å². The number of hydrogen-bond acceptors (Lipinski definition) is 2. The van der Waals surface area contributed by atoms with Crippen molar-refractivity contribution in [2.24, 2.45) is 0 Å². The molecule has 0 bridgehead atoms. The zero-order chi connectivity index (χ0) is 18.9. The van der Waals surface area contributed by atoms with Crippen molar-refractivity contribution in [3.05, 3.63) is 29.3 Å². The average Bonchev–Trinajstić information content (AvgIpc) is 2.55. The van der Waals surface area contributed by atoms with Crippen molar-refractivity contribution in [3.8, 4) is 5.75 Å². The van der Waals surface area contributed by atoms with Crippen LogP contribution in [0, 0.1) is 6.92 Å². The van der Waals surface area contributed by atoms with Crippen molar-refractivity contribution in [3.63, 3.8) is 0 Å². The van der Waals surface area contributed by atoms with Gasteiger partial charge in [0.1, 0.15) is 5.75 Å². The fraction of sp³-hybridized carbons (Fsp3) is 0.667. The van der Waals surface area contributed by atoms with Crippen LogP contribution in [0.5, 0.6) is 5.75 Å². The Hall–Kier alpha value is -1.71. The molecule has 0 aliphatic carbocycles. The Balaban J connectivity index is 2.64. The number of nitrogens with zero attached hydrogens (tertiary/aromatic N) is 1. The van der Waals surface area contributed by atoms with Crippen molar-refractivity contribution in [2.75, 3.05) is 19.8 Å². The van der Waals surface area contributed by atoms with Gasteiger partial charge in [0.25, 0.3) is 0 Å². The van der Waals surface area contributed by atoms with Gasteiger partial charge in [-0.2, -0.15) is 0 Å². The van der Waals surface area contributed by atoms with Crippen LogP contribution in [0.2, 0.25) is 0 Å². The van der Waals surface area contributed by atoms with E-state index in [0.29, 0.717) is 0 Å². The fourth-order valence-corrected chi connectivity index (χ4v) is 2.66. The van der Waals surface area contributed by atoms with Crippen molar-refractivity contribution in [1.29, 1.82) is 0 Å². The van der Waals surface area contributed by atoms with Crippen LogP contribution in [-0.4, -0.2) is 30.8 Å². The first-order chi connectivity index (χ1) is 11.8. The van der Waals surface area contributed by atoms with E-state index in [1.807, 2.05) is 17.0 Å². The normalized spacial score (nSPS) is 11.3. The van der Waals surface area contributed by atoms with Gasteiger partial charge in [0.15, 0.2) is 6.73 Å². The second kappa shape index (κ2) is 10.3. The highest BCUT2D eigenvalue weighted by atomic mass is 16.5. The molecule has 0 spiro atoms. The molecule has 1 rings (SSSR count). The van der Waals surface area contributed by atoms with Crippen LogP contribution in [0.1, 0.15) is 71.4 Å². The third-order valence-electron chi connectivity index (χ3n) is 4.24. The number of amides is 2. The Labute approximate surface area is 153 Å². The summed E-state index contributed by atoms with van der Waals surface area (Å²) in [7, 11) is 0. The van der Waals surface area contributed by atoms with Gasteiger partial charge in [-0.1, -0.05) is 65.2 Å². The van der Waals surface area contributed by atoms with Gasteiger partial charge < -0.3 is 15.0 Å². The van der Waals surface area contributed by atoms with Gasteiger partial charge in [-0.05, 0) is 36.8 Å². The molecule has 0 fully saturated rings. The predicted molar refractivity (Wildman–Crippen MR) is 105 cm³/mol. The molecule has 0 heterocycles. The molecular formula is C21H36N2O2. The third kappa shape index (κ3) is 7.37. The average molecular weight is 349 g/mol. The lowest BCUT2D eigenvalue weighted by atomic mass is 9.85. The number of hydrogen-bond donors (Lipinski definition) is 1.